The van der Waals surface area contributed by atoms with E-state index in [1.54, 1.807) is 4.68 Å². The lowest BCUT2D eigenvalue weighted by Gasteiger charge is -2.28. The van der Waals surface area contributed by atoms with Crippen LogP contribution in [-0.4, -0.2) is 43.5 Å². The van der Waals surface area contributed by atoms with E-state index in [4.69, 9.17) is 9.72 Å². The molecule has 0 saturated heterocycles. The highest BCUT2D eigenvalue weighted by Crippen LogP contribution is 2.46. The summed E-state index contributed by atoms with van der Waals surface area (Å²) in [4.78, 5) is 19.2. The third-order valence-corrected chi connectivity index (χ3v) is 8.79. The van der Waals surface area contributed by atoms with Crippen molar-refractivity contribution in [1.29, 1.82) is 0 Å². The second-order valence-electron chi connectivity index (χ2n) is 9.64. The zero-order valence-corrected chi connectivity index (χ0v) is 22.0. The number of alkyl carbamates (subject to hydrolysis) is 1. The number of amides is 1. The molecule has 2 fully saturated rings. The number of carbonyl (C=O) groups excluding carboxylic acids is 1. The predicted molar refractivity (Wildman–Crippen MR) is 140 cm³/mol. The Labute approximate surface area is 214 Å². The first-order chi connectivity index (χ1) is 16.9. The summed E-state index contributed by atoms with van der Waals surface area (Å²) in [6.45, 7) is 3.74. The van der Waals surface area contributed by atoms with E-state index in [0.29, 0.717) is 11.2 Å². The lowest BCUT2D eigenvalue weighted by molar-refractivity contribution is 0.109. The van der Waals surface area contributed by atoms with Crippen molar-refractivity contribution in [2.24, 2.45) is 7.05 Å². The number of rotatable bonds is 8. The van der Waals surface area contributed by atoms with Crippen LogP contribution in [0.1, 0.15) is 63.3 Å². The van der Waals surface area contributed by atoms with Gasteiger partial charge in [-0.25, -0.2) is 9.78 Å². The van der Waals surface area contributed by atoms with Gasteiger partial charge in [0.2, 0.25) is 0 Å². The van der Waals surface area contributed by atoms with Crippen molar-refractivity contribution in [3.63, 3.8) is 0 Å². The van der Waals surface area contributed by atoms with Crippen molar-refractivity contribution in [3.8, 4) is 10.4 Å². The first kappa shape index (κ1) is 24.1. The number of thioether (sulfide) groups is 1. The van der Waals surface area contributed by atoms with E-state index >= 15 is 0 Å². The molecule has 1 aromatic carbocycles. The van der Waals surface area contributed by atoms with Crippen LogP contribution in [0.4, 0.5) is 16.3 Å². The number of aromatic nitrogens is 4. The van der Waals surface area contributed by atoms with Crippen LogP contribution in [0.25, 0.3) is 10.4 Å². The van der Waals surface area contributed by atoms with E-state index in [0.717, 1.165) is 37.2 Å². The van der Waals surface area contributed by atoms with E-state index in [9.17, 15) is 4.79 Å². The molecule has 2 aliphatic rings. The van der Waals surface area contributed by atoms with Crippen LogP contribution < -0.4 is 10.6 Å². The van der Waals surface area contributed by atoms with Crippen LogP contribution in [0, 0.1) is 0 Å². The maximum Gasteiger partial charge on any atom is 0.407 e. The van der Waals surface area contributed by atoms with E-state index in [1.807, 2.05) is 56.4 Å². The number of hydrogen-bond acceptors (Lipinski definition) is 8. The number of carbonyl (C=O) groups is 1. The van der Waals surface area contributed by atoms with Gasteiger partial charge in [0.15, 0.2) is 5.82 Å². The van der Waals surface area contributed by atoms with Crippen LogP contribution >= 0.6 is 23.1 Å². The van der Waals surface area contributed by atoms with Crippen LogP contribution in [0.5, 0.6) is 0 Å². The zero-order valence-electron chi connectivity index (χ0n) is 20.4. The summed E-state index contributed by atoms with van der Waals surface area (Å²) >= 11 is 3.77. The van der Waals surface area contributed by atoms with Gasteiger partial charge in [-0.15, -0.1) is 28.2 Å². The Hall–Kier alpha value is -2.59. The minimum absolute atomic E-state index is 0.0973. The fourth-order valence-corrected chi connectivity index (χ4v) is 6.74. The molecule has 0 aliphatic heterocycles. The highest BCUT2D eigenvalue weighted by Gasteiger charge is 2.27. The molecule has 3 aromatic rings. The van der Waals surface area contributed by atoms with Gasteiger partial charge in [-0.05, 0) is 64.5 Å². The maximum atomic E-state index is 11.9. The molecule has 2 aliphatic carbocycles. The Kier molecular flexibility index (Phi) is 7.29. The fraction of sp³-hybridized carbons (Fsp3) is 0.520. The Morgan fingerprint density at radius 1 is 1.20 bits per heavy atom. The van der Waals surface area contributed by atoms with Crippen molar-refractivity contribution in [2.45, 2.75) is 80.6 Å². The summed E-state index contributed by atoms with van der Waals surface area (Å²) in [6, 6.07) is 6.71. The monoisotopic (exact) mass is 512 g/mol. The van der Waals surface area contributed by atoms with Gasteiger partial charge in [-0.1, -0.05) is 11.3 Å². The molecule has 186 valence electrons. The number of anilines is 2. The lowest BCUT2D eigenvalue weighted by Crippen LogP contribution is -2.38. The van der Waals surface area contributed by atoms with Gasteiger partial charge >= 0.3 is 6.09 Å². The molecule has 10 heteroatoms. The summed E-state index contributed by atoms with van der Waals surface area (Å²) in [5.74, 6) is 1.19. The number of hydrogen-bond donors (Lipinski definition) is 2. The smallest absolute Gasteiger partial charge is 0.407 e. The molecule has 0 unspecified atom stereocenters. The summed E-state index contributed by atoms with van der Waals surface area (Å²) in [5.41, 5.74) is 2.27. The highest BCUT2D eigenvalue weighted by atomic mass is 32.2. The summed E-state index contributed by atoms with van der Waals surface area (Å²) < 4.78 is 6.92. The fourth-order valence-electron chi connectivity index (χ4n) is 4.32. The van der Waals surface area contributed by atoms with Crippen molar-refractivity contribution in [3.05, 3.63) is 35.6 Å². The molecule has 1 amide bonds. The molecular formula is C25H32N6O2S2. The largest absolute Gasteiger partial charge is 0.447 e. The molecule has 35 heavy (non-hydrogen) atoms. The number of nitrogens with one attached hydrogen (secondary N) is 2. The summed E-state index contributed by atoms with van der Waals surface area (Å²) in [5, 5.41) is 16.4. The minimum Gasteiger partial charge on any atom is -0.447 e. The second kappa shape index (κ2) is 10.6. The number of ether oxygens (including phenoxy) is 1. The third kappa shape index (κ3) is 6.35. The minimum atomic E-state index is -0.307. The molecule has 2 aromatic heterocycles. The van der Waals surface area contributed by atoms with Crippen molar-refractivity contribution in [2.75, 3.05) is 5.32 Å². The number of thiazole rings is 1. The zero-order chi connectivity index (χ0) is 24.4. The van der Waals surface area contributed by atoms with Gasteiger partial charge < -0.3 is 15.4 Å². The Morgan fingerprint density at radius 2 is 2.00 bits per heavy atom. The van der Waals surface area contributed by atoms with E-state index in [2.05, 4.69) is 39.1 Å². The molecule has 8 nitrogen and oxygen atoms in total. The molecule has 5 rings (SSSR count). The highest BCUT2D eigenvalue weighted by molar-refractivity contribution is 8.00. The first-order valence-corrected chi connectivity index (χ1v) is 14.0. The van der Waals surface area contributed by atoms with Gasteiger partial charge in [-0.2, -0.15) is 0 Å². The Balaban J connectivity index is 1.26. The predicted octanol–water partition coefficient (Wildman–Crippen LogP) is 6.10. The van der Waals surface area contributed by atoms with Gasteiger partial charge in [0.25, 0.3) is 0 Å². The summed E-state index contributed by atoms with van der Waals surface area (Å²) in [7, 11) is 1.86. The second-order valence-corrected chi connectivity index (χ2v) is 12.0. The number of benzene rings is 1. The normalized spacial score (nSPS) is 20.1. The lowest BCUT2D eigenvalue weighted by atomic mass is 9.86. The first-order valence-electron chi connectivity index (χ1n) is 12.3. The van der Waals surface area contributed by atoms with E-state index in [1.165, 1.54) is 33.2 Å². The van der Waals surface area contributed by atoms with Gasteiger partial charge in [0.05, 0.1) is 22.2 Å². The summed E-state index contributed by atoms with van der Waals surface area (Å²) in [6.07, 6.45) is 10.0. The van der Waals surface area contributed by atoms with Crippen LogP contribution in [0.2, 0.25) is 0 Å². The molecule has 2 heterocycles. The molecule has 0 atom stereocenters. The molecule has 2 saturated carbocycles. The molecule has 0 radical (unpaired) electrons. The average molecular weight is 513 g/mol. The Morgan fingerprint density at radius 3 is 2.69 bits per heavy atom. The van der Waals surface area contributed by atoms with Crippen LogP contribution in [0.3, 0.4) is 0 Å². The molecule has 0 bridgehead atoms. The van der Waals surface area contributed by atoms with Crippen molar-refractivity contribution in [1.82, 2.24) is 25.3 Å². The van der Waals surface area contributed by atoms with Crippen LogP contribution in [-0.2, 0) is 11.8 Å². The van der Waals surface area contributed by atoms with Gasteiger partial charge in [0, 0.05) is 46.6 Å². The molecular weight excluding hydrogens is 480 g/mol. The number of aryl methyl sites for hydroxylation is 1. The maximum absolute atomic E-state index is 11.9. The quantitative estimate of drug-likeness (QED) is 0.377. The van der Waals surface area contributed by atoms with Gasteiger partial charge in [0.1, 0.15) is 0 Å². The topological polar surface area (TPSA) is 94.0 Å². The SMILES string of the molecule is CC(C)OC(=O)NC1CCC(c2ncc(-c3ccc(Nc4cn(C)nn4)cc3SC3CC3)s2)CC1. The molecule has 2 N–H and O–H groups in total. The third-order valence-electron chi connectivity index (χ3n) is 6.20. The number of nitrogens with zero attached hydrogens (tertiary/aromatic N) is 4. The van der Waals surface area contributed by atoms with Crippen molar-refractivity contribution < 1.29 is 9.53 Å². The molecule has 0 spiro atoms. The van der Waals surface area contributed by atoms with E-state index < -0.39 is 0 Å². The van der Waals surface area contributed by atoms with Crippen molar-refractivity contribution >= 4 is 40.7 Å². The van der Waals surface area contributed by atoms with E-state index in [-0.39, 0.29) is 18.2 Å². The Bertz CT molecular complexity index is 1160. The van der Waals surface area contributed by atoms with Gasteiger partial charge in [-0.3, -0.25) is 4.68 Å². The standard InChI is InChI=1S/C25H32N6O2S2/c1-15(2)33-25(32)28-17-6-4-16(5-7-17)24-26-13-22(35-24)20-11-8-18(12-21(20)34-19-9-10-19)27-23-14-31(3)30-29-23/h8,11-17,19,27H,4-7,9-10H2,1-3H3,(H,28,32). The average Bonchev–Trinajstić information content (AvgIpc) is 3.32. The van der Waals surface area contributed by atoms with Crippen LogP contribution in [0.15, 0.2) is 35.5 Å².